The van der Waals surface area contributed by atoms with Crippen LogP contribution in [0.4, 0.5) is 0 Å². The highest BCUT2D eigenvalue weighted by atomic mass is 32.2. The summed E-state index contributed by atoms with van der Waals surface area (Å²) >= 11 is 1.61. The van der Waals surface area contributed by atoms with E-state index in [1.165, 1.54) is 0 Å². The van der Waals surface area contributed by atoms with Crippen LogP contribution in [0.5, 0.6) is 0 Å². The van der Waals surface area contributed by atoms with Gasteiger partial charge in [-0.1, -0.05) is 13.8 Å². The molecule has 0 aromatic rings. The van der Waals surface area contributed by atoms with Gasteiger partial charge in [0, 0.05) is 5.25 Å². The lowest BCUT2D eigenvalue weighted by atomic mass is 10.1. The molecule has 0 saturated heterocycles. The summed E-state index contributed by atoms with van der Waals surface area (Å²) in [5, 5.41) is 27.2. The van der Waals surface area contributed by atoms with Crippen molar-refractivity contribution in [3.05, 3.63) is 0 Å². The molecule has 3 atom stereocenters. The second-order valence-electron chi connectivity index (χ2n) is 2.64. The van der Waals surface area contributed by atoms with Gasteiger partial charge in [0.05, 0.1) is 12.7 Å². The maximum atomic E-state index is 9.48. The van der Waals surface area contributed by atoms with E-state index in [4.69, 9.17) is 10.2 Å². The van der Waals surface area contributed by atoms with Crippen LogP contribution in [0, 0.1) is 0 Å². The quantitative estimate of drug-likeness (QED) is 0.566. The normalized spacial score (nSPS) is 18.8. The number of thioether (sulfide) groups is 1. The smallest absolute Gasteiger partial charge is 0.104 e. The van der Waals surface area contributed by atoms with E-state index in [0.29, 0.717) is 0 Å². The Morgan fingerprint density at radius 2 is 1.83 bits per heavy atom. The van der Waals surface area contributed by atoms with Gasteiger partial charge in [0.25, 0.3) is 0 Å². The molecule has 1 unspecified atom stereocenters. The van der Waals surface area contributed by atoms with Crippen molar-refractivity contribution in [2.75, 3.05) is 12.4 Å². The minimum absolute atomic E-state index is 0.0251. The zero-order chi connectivity index (χ0) is 9.56. The highest BCUT2D eigenvalue weighted by Gasteiger charge is 2.23. The fraction of sp³-hybridized carbons (Fsp3) is 1.00. The molecule has 0 saturated carbocycles. The summed E-state index contributed by atoms with van der Waals surface area (Å²) in [5.41, 5.74) is 0. The first-order chi connectivity index (χ1) is 5.67. The third-order valence-corrected chi connectivity index (χ3v) is 3.12. The number of rotatable bonds is 6. The van der Waals surface area contributed by atoms with Gasteiger partial charge in [-0.05, 0) is 12.2 Å². The van der Waals surface area contributed by atoms with E-state index in [1.807, 2.05) is 13.8 Å². The van der Waals surface area contributed by atoms with Gasteiger partial charge in [-0.15, -0.1) is 0 Å². The molecule has 0 aliphatic carbocycles. The van der Waals surface area contributed by atoms with E-state index in [0.717, 1.165) is 12.2 Å². The fourth-order valence-electron chi connectivity index (χ4n) is 1.03. The summed E-state index contributed by atoms with van der Waals surface area (Å²) < 4.78 is 0. The average Bonchev–Trinajstić information content (AvgIpc) is 2.11. The van der Waals surface area contributed by atoms with Gasteiger partial charge in [0.15, 0.2) is 0 Å². The topological polar surface area (TPSA) is 60.7 Å². The van der Waals surface area contributed by atoms with E-state index in [9.17, 15) is 5.11 Å². The minimum Gasteiger partial charge on any atom is -0.394 e. The third-order valence-electron chi connectivity index (χ3n) is 1.75. The monoisotopic (exact) mass is 194 g/mol. The summed E-state index contributed by atoms with van der Waals surface area (Å²) in [6, 6.07) is 0. The fourth-order valence-corrected chi connectivity index (χ4v) is 2.07. The molecule has 12 heavy (non-hydrogen) atoms. The van der Waals surface area contributed by atoms with E-state index < -0.39 is 12.2 Å². The van der Waals surface area contributed by atoms with Gasteiger partial charge in [-0.3, -0.25) is 0 Å². The lowest BCUT2D eigenvalue weighted by molar-refractivity contribution is -0.0147. The number of aliphatic hydroxyl groups excluding tert-OH is 3. The van der Waals surface area contributed by atoms with E-state index >= 15 is 0 Å². The van der Waals surface area contributed by atoms with Crippen LogP contribution in [-0.4, -0.2) is 45.1 Å². The Morgan fingerprint density at radius 3 is 2.17 bits per heavy atom. The molecule has 0 fully saturated rings. The molecule has 0 aromatic carbocycles. The van der Waals surface area contributed by atoms with Crippen molar-refractivity contribution in [1.29, 1.82) is 0 Å². The number of hydrogen-bond acceptors (Lipinski definition) is 4. The minimum atomic E-state index is -1.01. The van der Waals surface area contributed by atoms with Crippen LogP contribution in [0.3, 0.4) is 0 Å². The first-order valence-corrected chi connectivity index (χ1v) is 5.30. The van der Waals surface area contributed by atoms with Crippen molar-refractivity contribution in [2.24, 2.45) is 0 Å². The average molecular weight is 194 g/mol. The van der Waals surface area contributed by atoms with Crippen LogP contribution in [0.2, 0.25) is 0 Å². The second kappa shape index (κ2) is 6.71. The standard InChI is InChI=1S/C8H18O3S/c1-3-7(12-4-2)8(11)6(10)5-9/h6-11H,3-5H2,1-2H3/t6-,7?,8+/m1/s1. The predicted molar refractivity (Wildman–Crippen MR) is 51.3 cm³/mol. The summed E-state index contributed by atoms with van der Waals surface area (Å²) in [6.07, 6.45) is -1.02. The lowest BCUT2D eigenvalue weighted by Gasteiger charge is -2.23. The number of hydrogen-bond donors (Lipinski definition) is 3. The molecule has 0 radical (unpaired) electrons. The van der Waals surface area contributed by atoms with Gasteiger partial charge >= 0.3 is 0 Å². The van der Waals surface area contributed by atoms with Crippen molar-refractivity contribution >= 4 is 11.8 Å². The largest absolute Gasteiger partial charge is 0.394 e. The van der Waals surface area contributed by atoms with Crippen LogP contribution >= 0.6 is 11.8 Å². The van der Waals surface area contributed by atoms with E-state index in [1.54, 1.807) is 11.8 Å². The van der Waals surface area contributed by atoms with Gasteiger partial charge < -0.3 is 15.3 Å². The molecular formula is C8H18O3S. The molecule has 0 aliphatic heterocycles. The molecule has 0 heterocycles. The second-order valence-corrected chi connectivity index (χ2v) is 4.16. The highest BCUT2D eigenvalue weighted by molar-refractivity contribution is 7.99. The van der Waals surface area contributed by atoms with Gasteiger partial charge in [-0.25, -0.2) is 0 Å². The van der Waals surface area contributed by atoms with Crippen molar-refractivity contribution in [3.8, 4) is 0 Å². The maximum Gasteiger partial charge on any atom is 0.104 e. The van der Waals surface area contributed by atoms with Crippen LogP contribution in [0.15, 0.2) is 0 Å². The third kappa shape index (κ3) is 3.76. The zero-order valence-corrected chi connectivity index (χ0v) is 8.42. The molecule has 74 valence electrons. The predicted octanol–water partition coefficient (Wildman–Crippen LogP) is 0.232. The lowest BCUT2D eigenvalue weighted by Crippen LogP contribution is -2.37. The summed E-state index contributed by atoms with van der Waals surface area (Å²) in [4.78, 5) is 0. The van der Waals surface area contributed by atoms with Crippen LogP contribution in [0.25, 0.3) is 0 Å². The molecule has 3 N–H and O–H groups in total. The summed E-state index contributed by atoms with van der Waals surface area (Å²) in [5.74, 6) is 0.910. The van der Waals surface area contributed by atoms with E-state index in [2.05, 4.69) is 0 Å². The van der Waals surface area contributed by atoms with E-state index in [-0.39, 0.29) is 11.9 Å². The SMILES string of the molecule is CCSC(CC)[C@@H](O)[C@H](O)CO. The molecule has 0 aromatic heterocycles. The van der Waals surface area contributed by atoms with Crippen molar-refractivity contribution in [2.45, 2.75) is 37.7 Å². The molecule has 0 aliphatic rings. The van der Waals surface area contributed by atoms with Crippen molar-refractivity contribution < 1.29 is 15.3 Å². The zero-order valence-electron chi connectivity index (χ0n) is 7.60. The molecular weight excluding hydrogens is 176 g/mol. The molecule has 3 nitrogen and oxygen atoms in total. The van der Waals surface area contributed by atoms with Crippen molar-refractivity contribution in [3.63, 3.8) is 0 Å². The van der Waals surface area contributed by atoms with Gasteiger partial charge in [-0.2, -0.15) is 11.8 Å². The first kappa shape index (κ1) is 12.2. The number of aliphatic hydroxyl groups is 3. The Balaban J connectivity index is 3.91. The van der Waals surface area contributed by atoms with Crippen LogP contribution < -0.4 is 0 Å². The maximum absolute atomic E-state index is 9.48. The van der Waals surface area contributed by atoms with Crippen LogP contribution in [0.1, 0.15) is 20.3 Å². The Labute approximate surface area is 77.8 Å². The summed E-state index contributed by atoms with van der Waals surface area (Å²) in [7, 11) is 0. The Hall–Kier alpha value is 0.230. The molecule has 0 rings (SSSR count). The molecule has 0 bridgehead atoms. The molecule has 0 amide bonds. The van der Waals surface area contributed by atoms with Gasteiger partial charge in [0.1, 0.15) is 6.10 Å². The molecule has 4 heteroatoms. The highest BCUT2D eigenvalue weighted by Crippen LogP contribution is 2.19. The van der Waals surface area contributed by atoms with Gasteiger partial charge in [0.2, 0.25) is 0 Å². The Kier molecular flexibility index (Phi) is 6.84. The summed E-state index contributed by atoms with van der Waals surface area (Å²) in [6.45, 7) is 3.59. The van der Waals surface area contributed by atoms with Crippen molar-refractivity contribution in [1.82, 2.24) is 0 Å². The molecule has 0 spiro atoms. The Bertz CT molecular complexity index is 110. The van der Waals surface area contributed by atoms with Crippen LogP contribution in [-0.2, 0) is 0 Å². The first-order valence-electron chi connectivity index (χ1n) is 4.25. The Morgan fingerprint density at radius 1 is 1.25 bits per heavy atom.